The highest BCUT2D eigenvalue weighted by molar-refractivity contribution is 5.50. The van der Waals surface area contributed by atoms with Crippen LogP contribution in [0.5, 0.6) is 0 Å². The van der Waals surface area contributed by atoms with Gasteiger partial charge in [-0.2, -0.15) is 0 Å². The number of benzene rings is 1. The molecule has 1 aliphatic rings. The number of nitrogens with zero attached hydrogens (tertiary/aromatic N) is 1. The van der Waals surface area contributed by atoms with Gasteiger partial charge < -0.3 is 15.0 Å². The Kier molecular flexibility index (Phi) is 4.77. The van der Waals surface area contributed by atoms with E-state index in [4.69, 9.17) is 4.74 Å². The lowest BCUT2D eigenvalue weighted by atomic mass is 10.1. The molecule has 0 aromatic heterocycles. The quantitative estimate of drug-likeness (QED) is 0.906. The number of ether oxygens (including phenoxy) is 1. The number of hydrogen-bond donors (Lipinski definition) is 1. The molecule has 1 N–H and O–H groups in total. The topological polar surface area (TPSA) is 24.5 Å². The molecule has 2 unspecified atom stereocenters. The van der Waals surface area contributed by atoms with Crippen molar-refractivity contribution in [1.29, 1.82) is 0 Å². The van der Waals surface area contributed by atoms with Crippen LogP contribution in [-0.2, 0) is 11.3 Å². The molecule has 4 heteroatoms. The summed E-state index contributed by atoms with van der Waals surface area (Å²) >= 11 is 0. The Balaban J connectivity index is 2.27. The summed E-state index contributed by atoms with van der Waals surface area (Å²) in [6, 6.07) is 5.62. The smallest absolute Gasteiger partial charge is 0.125 e. The normalized spacial score (nSPS) is 23.7. The molecule has 1 aliphatic heterocycles. The average molecular weight is 266 g/mol. The second-order valence-electron chi connectivity index (χ2n) is 5.21. The molecule has 106 valence electrons. The minimum Gasteiger partial charge on any atom is -0.375 e. The van der Waals surface area contributed by atoms with Crippen molar-refractivity contribution >= 4 is 5.69 Å². The zero-order valence-corrected chi connectivity index (χ0v) is 11.9. The van der Waals surface area contributed by atoms with Gasteiger partial charge in [0, 0.05) is 18.8 Å². The van der Waals surface area contributed by atoms with Gasteiger partial charge in [0.15, 0.2) is 0 Å². The van der Waals surface area contributed by atoms with E-state index in [0.29, 0.717) is 12.6 Å². The van der Waals surface area contributed by atoms with Gasteiger partial charge in [-0.1, -0.05) is 6.92 Å². The molecule has 1 saturated heterocycles. The third kappa shape index (κ3) is 3.45. The molecular weight excluding hydrogens is 243 g/mol. The zero-order chi connectivity index (χ0) is 13.8. The van der Waals surface area contributed by atoms with Gasteiger partial charge in [0.05, 0.1) is 18.8 Å². The first-order valence-corrected chi connectivity index (χ1v) is 6.96. The van der Waals surface area contributed by atoms with E-state index in [-0.39, 0.29) is 11.9 Å². The third-order valence-corrected chi connectivity index (χ3v) is 3.59. The molecule has 1 aromatic carbocycles. The highest BCUT2D eigenvalue weighted by Crippen LogP contribution is 2.25. The molecule has 3 nitrogen and oxygen atoms in total. The van der Waals surface area contributed by atoms with E-state index in [2.05, 4.69) is 30.1 Å². The molecule has 0 amide bonds. The van der Waals surface area contributed by atoms with Crippen molar-refractivity contribution in [2.75, 3.05) is 25.1 Å². The zero-order valence-electron chi connectivity index (χ0n) is 11.9. The van der Waals surface area contributed by atoms with E-state index >= 15 is 0 Å². The molecule has 0 saturated carbocycles. The van der Waals surface area contributed by atoms with Gasteiger partial charge in [-0.25, -0.2) is 4.39 Å². The van der Waals surface area contributed by atoms with Crippen LogP contribution in [0.3, 0.4) is 0 Å². The maximum Gasteiger partial charge on any atom is 0.125 e. The number of morpholine rings is 1. The predicted octanol–water partition coefficient (Wildman–Crippen LogP) is 2.55. The van der Waals surface area contributed by atoms with Gasteiger partial charge in [0.25, 0.3) is 0 Å². The predicted molar refractivity (Wildman–Crippen MR) is 76.0 cm³/mol. The minimum atomic E-state index is -0.170. The van der Waals surface area contributed by atoms with Crippen molar-refractivity contribution in [3.05, 3.63) is 29.6 Å². The molecule has 0 bridgehead atoms. The second-order valence-corrected chi connectivity index (χ2v) is 5.21. The number of nitrogens with one attached hydrogen (secondary N) is 1. The molecule has 1 fully saturated rings. The van der Waals surface area contributed by atoms with Crippen LogP contribution in [0.25, 0.3) is 0 Å². The summed E-state index contributed by atoms with van der Waals surface area (Å²) in [4.78, 5) is 2.27. The lowest BCUT2D eigenvalue weighted by molar-refractivity contribution is 0.0299. The fraction of sp³-hybridized carbons (Fsp3) is 0.600. The molecule has 0 aliphatic carbocycles. The van der Waals surface area contributed by atoms with Crippen LogP contribution >= 0.6 is 0 Å². The van der Waals surface area contributed by atoms with Crippen LogP contribution in [0.1, 0.15) is 25.8 Å². The second kappa shape index (κ2) is 6.35. The Labute approximate surface area is 114 Å². The lowest BCUT2D eigenvalue weighted by Gasteiger charge is -2.40. The number of anilines is 1. The monoisotopic (exact) mass is 266 g/mol. The molecule has 19 heavy (non-hydrogen) atoms. The lowest BCUT2D eigenvalue weighted by Crippen LogP contribution is -2.48. The Bertz CT molecular complexity index is 425. The molecule has 2 atom stereocenters. The molecule has 2 rings (SSSR count). The maximum atomic E-state index is 13.7. The van der Waals surface area contributed by atoms with E-state index in [0.717, 1.165) is 30.8 Å². The van der Waals surface area contributed by atoms with Crippen LogP contribution in [-0.4, -0.2) is 32.3 Å². The number of rotatable bonds is 4. The standard InChI is InChI=1S/C15H23FN2O/c1-4-14-10-19-11(2)9-18(14)15-6-12(8-17-3)5-13(16)7-15/h5-7,11,14,17H,4,8-10H2,1-3H3. The van der Waals surface area contributed by atoms with Gasteiger partial charge in [0.1, 0.15) is 5.82 Å². The van der Waals surface area contributed by atoms with E-state index in [1.165, 1.54) is 0 Å². The largest absolute Gasteiger partial charge is 0.375 e. The fourth-order valence-electron chi connectivity index (χ4n) is 2.60. The van der Waals surface area contributed by atoms with Gasteiger partial charge in [-0.15, -0.1) is 0 Å². The summed E-state index contributed by atoms with van der Waals surface area (Å²) in [5, 5.41) is 3.07. The Hall–Kier alpha value is -1.13. The highest BCUT2D eigenvalue weighted by atomic mass is 19.1. The summed E-state index contributed by atoms with van der Waals surface area (Å²) in [5.74, 6) is -0.170. The van der Waals surface area contributed by atoms with Crippen molar-refractivity contribution in [2.24, 2.45) is 0 Å². The third-order valence-electron chi connectivity index (χ3n) is 3.59. The summed E-state index contributed by atoms with van der Waals surface area (Å²) in [6.45, 7) is 6.43. The number of halogens is 1. The Morgan fingerprint density at radius 3 is 2.89 bits per heavy atom. The summed E-state index contributed by atoms with van der Waals surface area (Å²) in [6.07, 6.45) is 1.20. The van der Waals surface area contributed by atoms with Crippen LogP contribution in [0, 0.1) is 5.82 Å². The highest BCUT2D eigenvalue weighted by Gasteiger charge is 2.26. The summed E-state index contributed by atoms with van der Waals surface area (Å²) in [7, 11) is 1.87. The number of hydrogen-bond acceptors (Lipinski definition) is 3. The summed E-state index contributed by atoms with van der Waals surface area (Å²) < 4.78 is 19.4. The van der Waals surface area contributed by atoms with E-state index < -0.39 is 0 Å². The van der Waals surface area contributed by atoms with E-state index in [9.17, 15) is 4.39 Å². The van der Waals surface area contributed by atoms with Gasteiger partial charge >= 0.3 is 0 Å². The molecule has 1 aromatic rings. The van der Waals surface area contributed by atoms with Crippen molar-refractivity contribution in [3.8, 4) is 0 Å². The van der Waals surface area contributed by atoms with Gasteiger partial charge in [0.2, 0.25) is 0 Å². The molecular formula is C15H23FN2O. The molecule has 0 spiro atoms. The van der Waals surface area contributed by atoms with Crippen molar-refractivity contribution in [3.63, 3.8) is 0 Å². The Morgan fingerprint density at radius 2 is 2.21 bits per heavy atom. The van der Waals surface area contributed by atoms with Gasteiger partial charge in [-0.05, 0) is 44.2 Å². The average Bonchev–Trinajstić information content (AvgIpc) is 2.38. The molecule has 0 radical (unpaired) electrons. The van der Waals surface area contributed by atoms with Crippen LogP contribution < -0.4 is 10.2 Å². The van der Waals surface area contributed by atoms with Crippen LogP contribution in [0.2, 0.25) is 0 Å². The first kappa shape index (κ1) is 14.3. The minimum absolute atomic E-state index is 0.170. The van der Waals surface area contributed by atoms with Crippen LogP contribution in [0.15, 0.2) is 18.2 Å². The first-order chi connectivity index (χ1) is 9.13. The van der Waals surface area contributed by atoms with E-state index in [1.54, 1.807) is 12.1 Å². The SMILES string of the molecule is CCC1COC(C)CN1c1cc(F)cc(CNC)c1. The molecule has 1 heterocycles. The summed E-state index contributed by atoms with van der Waals surface area (Å²) in [5.41, 5.74) is 1.94. The van der Waals surface area contributed by atoms with Gasteiger partial charge in [-0.3, -0.25) is 0 Å². The Morgan fingerprint density at radius 1 is 1.42 bits per heavy atom. The first-order valence-electron chi connectivity index (χ1n) is 6.96. The maximum absolute atomic E-state index is 13.7. The fourth-order valence-corrected chi connectivity index (χ4v) is 2.60. The van der Waals surface area contributed by atoms with E-state index in [1.807, 2.05) is 7.05 Å². The van der Waals surface area contributed by atoms with Crippen molar-refractivity contribution < 1.29 is 9.13 Å². The van der Waals surface area contributed by atoms with Crippen molar-refractivity contribution in [1.82, 2.24) is 5.32 Å². The van der Waals surface area contributed by atoms with Crippen LogP contribution in [0.4, 0.5) is 10.1 Å². The van der Waals surface area contributed by atoms with Crippen molar-refractivity contribution in [2.45, 2.75) is 39.0 Å².